The number of carboxylic acids is 1. The summed E-state index contributed by atoms with van der Waals surface area (Å²) < 4.78 is 0. The Morgan fingerprint density at radius 1 is 1.35 bits per heavy atom. The molecule has 1 aliphatic carbocycles. The van der Waals surface area contributed by atoms with E-state index in [2.05, 4.69) is 5.32 Å². The molecule has 0 aliphatic heterocycles. The monoisotopic (exact) mass is 253 g/mol. The van der Waals surface area contributed by atoms with Gasteiger partial charge in [0.1, 0.15) is 0 Å². The van der Waals surface area contributed by atoms with Crippen molar-refractivity contribution < 1.29 is 14.7 Å². The maximum atomic E-state index is 11.9. The van der Waals surface area contributed by atoms with E-state index in [9.17, 15) is 9.59 Å². The molecule has 0 radical (unpaired) electrons. The van der Waals surface area contributed by atoms with Crippen LogP contribution in [-0.4, -0.2) is 17.0 Å². The number of nitrogens with one attached hydrogen (secondary N) is 1. The Balaban J connectivity index is 1.94. The number of rotatable bonds is 3. The Bertz CT molecular complexity index is 441. The molecule has 1 aromatic rings. The third kappa shape index (κ3) is 2.66. The molecule has 1 aromatic heterocycles. The van der Waals surface area contributed by atoms with Gasteiger partial charge in [-0.25, -0.2) is 0 Å². The van der Waals surface area contributed by atoms with E-state index in [1.807, 2.05) is 17.7 Å². The topological polar surface area (TPSA) is 66.4 Å². The van der Waals surface area contributed by atoms with E-state index in [0.29, 0.717) is 19.3 Å². The molecule has 1 aliphatic rings. The van der Waals surface area contributed by atoms with Gasteiger partial charge in [0.05, 0.1) is 11.6 Å². The molecule has 0 unspecified atom stereocenters. The third-order valence-electron chi connectivity index (χ3n) is 3.27. The van der Waals surface area contributed by atoms with Gasteiger partial charge in [-0.1, -0.05) is 0 Å². The summed E-state index contributed by atoms with van der Waals surface area (Å²) in [6.45, 7) is 1.95. The van der Waals surface area contributed by atoms with Crippen LogP contribution in [0.1, 0.15) is 24.8 Å². The van der Waals surface area contributed by atoms with E-state index in [4.69, 9.17) is 5.11 Å². The lowest BCUT2D eigenvalue weighted by Crippen LogP contribution is -2.21. The quantitative estimate of drug-likeness (QED) is 0.869. The molecule has 17 heavy (non-hydrogen) atoms. The summed E-state index contributed by atoms with van der Waals surface area (Å²) in [6, 6.07) is 0. The first-order chi connectivity index (χ1) is 8.08. The fourth-order valence-corrected chi connectivity index (χ4v) is 2.95. The molecule has 0 aromatic carbocycles. The van der Waals surface area contributed by atoms with Gasteiger partial charge in [-0.05, 0) is 37.1 Å². The lowest BCUT2D eigenvalue weighted by atomic mass is 10.0. The summed E-state index contributed by atoms with van der Waals surface area (Å²) in [4.78, 5) is 22.7. The number of hydrogen-bond acceptors (Lipinski definition) is 3. The molecule has 2 rings (SSSR count). The van der Waals surface area contributed by atoms with Crippen molar-refractivity contribution in [3.8, 4) is 0 Å². The number of hydrogen-bond donors (Lipinski definition) is 2. The number of amides is 1. The van der Waals surface area contributed by atoms with Crippen LogP contribution in [0.15, 0.2) is 10.8 Å². The first kappa shape index (κ1) is 12.1. The van der Waals surface area contributed by atoms with Gasteiger partial charge in [0.25, 0.3) is 0 Å². The van der Waals surface area contributed by atoms with Crippen molar-refractivity contribution in [2.45, 2.75) is 26.2 Å². The van der Waals surface area contributed by atoms with E-state index in [0.717, 1.165) is 11.3 Å². The largest absolute Gasteiger partial charge is 0.481 e. The van der Waals surface area contributed by atoms with Crippen LogP contribution in [0, 0.1) is 18.8 Å². The van der Waals surface area contributed by atoms with Gasteiger partial charge < -0.3 is 10.4 Å². The zero-order valence-electron chi connectivity index (χ0n) is 9.60. The average molecular weight is 253 g/mol. The van der Waals surface area contributed by atoms with Gasteiger partial charge in [0.15, 0.2) is 0 Å². The van der Waals surface area contributed by atoms with Crippen molar-refractivity contribution in [3.63, 3.8) is 0 Å². The molecule has 0 saturated heterocycles. The van der Waals surface area contributed by atoms with Crippen LogP contribution in [0.25, 0.3) is 0 Å². The zero-order chi connectivity index (χ0) is 12.4. The van der Waals surface area contributed by atoms with Crippen molar-refractivity contribution in [3.05, 3.63) is 16.3 Å². The van der Waals surface area contributed by atoms with Crippen LogP contribution >= 0.6 is 11.3 Å². The minimum absolute atomic E-state index is 0.0461. The van der Waals surface area contributed by atoms with Crippen molar-refractivity contribution in [1.82, 2.24) is 0 Å². The van der Waals surface area contributed by atoms with Crippen molar-refractivity contribution in [1.29, 1.82) is 0 Å². The fourth-order valence-electron chi connectivity index (χ4n) is 2.17. The maximum Gasteiger partial charge on any atom is 0.306 e. The highest BCUT2D eigenvalue weighted by Gasteiger charge is 2.33. The minimum Gasteiger partial charge on any atom is -0.481 e. The summed E-state index contributed by atoms with van der Waals surface area (Å²) >= 11 is 1.55. The van der Waals surface area contributed by atoms with E-state index < -0.39 is 5.97 Å². The van der Waals surface area contributed by atoms with E-state index in [1.165, 1.54) is 0 Å². The molecule has 4 nitrogen and oxygen atoms in total. The summed E-state index contributed by atoms with van der Waals surface area (Å²) in [5.41, 5.74) is 1.90. The highest BCUT2D eigenvalue weighted by atomic mass is 32.1. The van der Waals surface area contributed by atoms with Crippen molar-refractivity contribution >= 4 is 28.9 Å². The molecule has 0 bridgehead atoms. The second kappa shape index (κ2) is 4.87. The number of aliphatic carboxylic acids is 1. The van der Waals surface area contributed by atoms with Crippen LogP contribution in [-0.2, 0) is 9.59 Å². The van der Waals surface area contributed by atoms with Crippen LogP contribution in [0.4, 0.5) is 5.69 Å². The number of carbonyl (C=O) groups excluding carboxylic acids is 1. The Morgan fingerprint density at radius 3 is 2.59 bits per heavy atom. The highest BCUT2D eigenvalue weighted by Crippen LogP contribution is 2.32. The lowest BCUT2D eigenvalue weighted by Gasteiger charge is -2.10. The summed E-state index contributed by atoms with van der Waals surface area (Å²) in [7, 11) is 0. The van der Waals surface area contributed by atoms with Crippen molar-refractivity contribution in [2.24, 2.45) is 11.8 Å². The maximum absolute atomic E-state index is 11.9. The second-order valence-corrected chi connectivity index (χ2v) is 5.25. The fraction of sp³-hybridized carbons (Fsp3) is 0.500. The van der Waals surface area contributed by atoms with Crippen LogP contribution in [0.2, 0.25) is 0 Å². The summed E-state index contributed by atoms with van der Waals surface area (Å²) in [5.74, 6) is -1.34. The Hall–Kier alpha value is -1.36. The Kier molecular flexibility index (Phi) is 3.47. The van der Waals surface area contributed by atoms with Gasteiger partial charge in [-0.2, -0.15) is 0 Å². The Labute approximate surface area is 104 Å². The van der Waals surface area contributed by atoms with Crippen LogP contribution < -0.4 is 5.32 Å². The van der Waals surface area contributed by atoms with Gasteiger partial charge in [0, 0.05) is 11.3 Å². The molecule has 1 fully saturated rings. The van der Waals surface area contributed by atoms with E-state index in [-0.39, 0.29) is 17.7 Å². The molecule has 1 amide bonds. The molecule has 5 heteroatoms. The van der Waals surface area contributed by atoms with E-state index in [1.54, 1.807) is 11.3 Å². The first-order valence-corrected chi connectivity index (χ1v) is 6.58. The number of aryl methyl sites for hydroxylation is 1. The number of thiophene rings is 1. The number of carboxylic acid groups (broad SMARTS) is 1. The van der Waals surface area contributed by atoms with Crippen LogP contribution in [0.3, 0.4) is 0 Å². The summed E-state index contributed by atoms with van der Waals surface area (Å²) in [5, 5.41) is 15.6. The predicted molar refractivity (Wildman–Crippen MR) is 66.2 cm³/mol. The second-order valence-electron chi connectivity index (χ2n) is 4.50. The standard InChI is InChI=1S/C12H15NO3S/c1-7-5-17-6-10(7)13-11(14)8-2-3-9(4-8)12(15)16/h5-6,8-9H,2-4H2,1H3,(H,13,14)(H,15,16)/t8-,9+/m1/s1. The molecule has 2 atom stereocenters. The molecule has 0 spiro atoms. The predicted octanol–water partition coefficient (Wildman–Crippen LogP) is 2.50. The van der Waals surface area contributed by atoms with E-state index >= 15 is 0 Å². The SMILES string of the molecule is Cc1cscc1NC(=O)[C@@H]1CC[C@H](C(=O)O)C1. The molecule has 92 valence electrons. The molecule has 1 saturated carbocycles. The summed E-state index contributed by atoms with van der Waals surface area (Å²) in [6.07, 6.45) is 1.74. The molecule has 1 heterocycles. The molecule has 2 N–H and O–H groups in total. The number of anilines is 1. The Morgan fingerprint density at radius 2 is 2.06 bits per heavy atom. The van der Waals surface area contributed by atoms with Crippen molar-refractivity contribution in [2.75, 3.05) is 5.32 Å². The first-order valence-electron chi connectivity index (χ1n) is 5.64. The van der Waals surface area contributed by atoms with Gasteiger partial charge >= 0.3 is 5.97 Å². The zero-order valence-corrected chi connectivity index (χ0v) is 10.4. The molecular formula is C12H15NO3S. The lowest BCUT2D eigenvalue weighted by molar-refractivity contribution is -0.141. The molecular weight excluding hydrogens is 238 g/mol. The number of carbonyl (C=O) groups is 2. The minimum atomic E-state index is -0.785. The smallest absolute Gasteiger partial charge is 0.306 e. The average Bonchev–Trinajstić information content (AvgIpc) is 2.88. The normalized spacial score (nSPS) is 23.6. The van der Waals surface area contributed by atoms with Gasteiger partial charge in [-0.3, -0.25) is 9.59 Å². The van der Waals surface area contributed by atoms with Gasteiger partial charge in [0.2, 0.25) is 5.91 Å². The van der Waals surface area contributed by atoms with Crippen LogP contribution in [0.5, 0.6) is 0 Å². The highest BCUT2D eigenvalue weighted by molar-refractivity contribution is 7.08. The third-order valence-corrected chi connectivity index (χ3v) is 4.13. The van der Waals surface area contributed by atoms with Gasteiger partial charge in [-0.15, -0.1) is 11.3 Å².